The monoisotopic (exact) mass is 449 g/mol. The zero-order valence-corrected chi connectivity index (χ0v) is 16.3. The van der Waals surface area contributed by atoms with Gasteiger partial charge < -0.3 is 14.4 Å². The number of carbonyl (C=O) groups excluding carboxylic acids is 1. The highest BCUT2D eigenvalue weighted by Gasteiger charge is 2.32. The first-order chi connectivity index (χ1) is 15.1. The van der Waals surface area contributed by atoms with E-state index < -0.39 is 23.6 Å². The quantitative estimate of drug-likeness (QED) is 0.353. The van der Waals surface area contributed by atoms with Crippen molar-refractivity contribution in [3.63, 3.8) is 0 Å². The van der Waals surface area contributed by atoms with Crippen LogP contribution in [0.1, 0.15) is 16.2 Å². The van der Waals surface area contributed by atoms with E-state index in [-0.39, 0.29) is 40.5 Å². The summed E-state index contributed by atoms with van der Waals surface area (Å²) in [4.78, 5) is 26.8. The van der Waals surface area contributed by atoms with Crippen LogP contribution in [-0.2, 0) is 20.1 Å². The Morgan fingerprint density at radius 1 is 1.34 bits per heavy atom. The number of halogens is 3. The number of hydrogen-bond acceptors (Lipinski definition) is 7. The molecule has 166 valence electrons. The molecule has 4 rings (SSSR count). The second kappa shape index (κ2) is 7.79. The zero-order chi connectivity index (χ0) is 23.0. The molecule has 1 aromatic carbocycles. The lowest BCUT2D eigenvalue weighted by atomic mass is 10.2. The van der Waals surface area contributed by atoms with E-state index in [2.05, 4.69) is 20.6 Å². The van der Waals surface area contributed by atoms with Gasteiger partial charge in [-0.15, -0.1) is 0 Å². The van der Waals surface area contributed by atoms with E-state index in [9.17, 15) is 28.1 Å². The van der Waals surface area contributed by atoms with E-state index in [0.29, 0.717) is 5.56 Å². The molecule has 14 heteroatoms. The molecule has 0 saturated heterocycles. The van der Waals surface area contributed by atoms with Crippen molar-refractivity contribution in [3.8, 4) is 11.5 Å². The van der Waals surface area contributed by atoms with E-state index in [1.54, 1.807) is 7.05 Å². The molecule has 0 aliphatic carbocycles. The summed E-state index contributed by atoms with van der Waals surface area (Å²) in [6, 6.07) is 5.04. The summed E-state index contributed by atoms with van der Waals surface area (Å²) >= 11 is 0. The molecule has 3 aromatic heterocycles. The van der Waals surface area contributed by atoms with Crippen molar-refractivity contribution in [3.05, 3.63) is 58.2 Å². The number of nitro groups is 1. The van der Waals surface area contributed by atoms with Crippen LogP contribution in [0.3, 0.4) is 0 Å². The van der Waals surface area contributed by atoms with Gasteiger partial charge in [-0.1, -0.05) is 11.2 Å². The van der Waals surface area contributed by atoms with Gasteiger partial charge in [0, 0.05) is 19.3 Å². The maximum absolute atomic E-state index is 13.2. The fourth-order valence-corrected chi connectivity index (χ4v) is 3.19. The predicted molar refractivity (Wildman–Crippen MR) is 102 cm³/mol. The van der Waals surface area contributed by atoms with Crippen LogP contribution in [-0.4, -0.2) is 41.5 Å². The molecule has 32 heavy (non-hydrogen) atoms. The number of aromatic nitrogens is 5. The number of nitro benzene ring substituents is 1. The molecule has 0 bridgehead atoms. The Labute approximate surface area is 176 Å². The van der Waals surface area contributed by atoms with Crippen molar-refractivity contribution >= 4 is 22.5 Å². The van der Waals surface area contributed by atoms with Gasteiger partial charge in [-0.2, -0.15) is 23.3 Å². The van der Waals surface area contributed by atoms with Gasteiger partial charge in [0.15, 0.2) is 0 Å². The molecule has 3 heterocycles. The third-order valence-electron chi connectivity index (χ3n) is 4.52. The minimum Gasteiger partial charge on any atom is -0.343 e. The summed E-state index contributed by atoms with van der Waals surface area (Å²) in [5.41, 5.74) is -0.162. The number of fused-ring (bicyclic) bond motifs is 1. The summed E-state index contributed by atoms with van der Waals surface area (Å²) in [6.45, 7) is -1.59. The van der Waals surface area contributed by atoms with E-state index in [4.69, 9.17) is 4.52 Å². The van der Waals surface area contributed by atoms with Gasteiger partial charge in [-0.25, -0.2) is 0 Å². The molecule has 0 saturated carbocycles. The topological polar surface area (TPSA) is 134 Å². The first-order valence-corrected chi connectivity index (χ1v) is 9.05. The largest absolute Gasteiger partial charge is 0.406 e. The highest BCUT2D eigenvalue weighted by molar-refractivity contribution is 5.94. The summed E-state index contributed by atoms with van der Waals surface area (Å²) < 4.78 is 46.9. The average molecular weight is 449 g/mol. The van der Waals surface area contributed by atoms with Crippen LogP contribution >= 0.6 is 0 Å². The second-order valence-corrected chi connectivity index (χ2v) is 6.80. The number of amides is 1. The molecule has 1 N–H and O–H groups in total. The highest BCUT2D eigenvalue weighted by Crippen LogP contribution is 2.34. The molecule has 11 nitrogen and oxygen atoms in total. The number of aryl methyl sites for hydroxylation is 1. The molecule has 0 fully saturated rings. The SMILES string of the molecule is Cn1cc(C(=O)NCc2nc(-c3cc4c([N+](=O)[O-])cccc4n3CC(F)(F)F)no2)cn1. The van der Waals surface area contributed by atoms with Crippen LogP contribution in [0.2, 0.25) is 0 Å². The Morgan fingerprint density at radius 3 is 2.78 bits per heavy atom. The van der Waals surface area contributed by atoms with Crippen LogP contribution in [0.25, 0.3) is 22.4 Å². The van der Waals surface area contributed by atoms with Gasteiger partial charge in [0.25, 0.3) is 11.6 Å². The van der Waals surface area contributed by atoms with Crippen LogP contribution in [0, 0.1) is 10.1 Å². The van der Waals surface area contributed by atoms with Crippen LogP contribution in [0.5, 0.6) is 0 Å². The molecular formula is C18H14F3N7O4. The normalized spacial score (nSPS) is 11.8. The molecule has 0 aliphatic rings. The zero-order valence-electron chi connectivity index (χ0n) is 16.3. The minimum absolute atomic E-state index is 0.00255. The Kier molecular flexibility index (Phi) is 5.12. The maximum Gasteiger partial charge on any atom is 0.406 e. The van der Waals surface area contributed by atoms with Gasteiger partial charge in [-0.3, -0.25) is 19.6 Å². The number of benzene rings is 1. The summed E-state index contributed by atoms with van der Waals surface area (Å²) in [5.74, 6) is -0.722. The lowest BCUT2D eigenvalue weighted by Crippen LogP contribution is -2.22. The fourth-order valence-electron chi connectivity index (χ4n) is 3.19. The summed E-state index contributed by atoms with van der Waals surface area (Å²) in [7, 11) is 1.64. The van der Waals surface area contributed by atoms with E-state index in [0.717, 1.165) is 4.57 Å². The van der Waals surface area contributed by atoms with Gasteiger partial charge in [0.1, 0.15) is 6.54 Å². The third-order valence-corrected chi connectivity index (χ3v) is 4.52. The number of carbonyl (C=O) groups is 1. The molecule has 0 spiro atoms. The van der Waals surface area contributed by atoms with Gasteiger partial charge in [0.05, 0.1) is 39.8 Å². The van der Waals surface area contributed by atoms with Crippen LogP contribution < -0.4 is 5.32 Å². The van der Waals surface area contributed by atoms with Crippen molar-refractivity contribution in [1.29, 1.82) is 0 Å². The molecule has 0 radical (unpaired) electrons. The Hall–Kier alpha value is -4.23. The number of rotatable bonds is 6. The molecule has 0 atom stereocenters. The highest BCUT2D eigenvalue weighted by atomic mass is 19.4. The third kappa shape index (κ3) is 4.14. The van der Waals surface area contributed by atoms with E-state index in [1.807, 2.05) is 0 Å². The first kappa shape index (κ1) is 21.0. The Bertz CT molecular complexity index is 1320. The second-order valence-electron chi connectivity index (χ2n) is 6.80. The molecular weight excluding hydrogens is 435 g/mol. The molecule has 4 aromatic rings. The Balaban J connectivity index is 1.66. The summed E-state index contributed by atoms with van der Waals surface area (Å²) in [5, 5.41) is 21.4. The lowest BCUT2D eigenvalue weighted by Gasteiger charge is -2.11. The van der Waals surface area contributed by atoms with Crippen LogP contribution in [0.4, 0.5) is 18.9 Å². The molecule has 1 amide bonds. The fraction of sp³-hybridized carbons (Fsp3) is 0.222. The standard InChI is InChI=1S/C18H14F3N7O4/c1-26-8-10(6-23-26)17(29)22-7-15-24-16(25-32-15)14-5-11-12(27(14)9-18(19,20)21)3-2-4-13(11)28(30)31/h2-6,8H,7,9H2,1H3,(H,22,29). The van der Waals surface area contributed by atoms with Crippen molar-refractivity contribution in [2.75, 3.05) is 0 Å². The van der Waals surface area contributed by atoms with Gasteiger partial charge in [0.2, 0.25) is 11.7 Å². The van der Waals surface area contributed by atoms with E-state index in [1.165, 1.54) is 41.3 Å². The predicted octanol–water partition coefficient (Wildman–Crippen LogP) is 2.83. The number of nitrogens with one attached hydrogen (secondary N) is 1. The number of hydrogen-bond donors (Lipinski definition) is 1. The number of non-ortho nitro benzene ring substituents is 1. The number of alkyl halides is 3. The number of nitrogens with zero attached hydrogens (tertiary/aromatic N) is 6. The lowest BCUT2D eigenvalue weighted by molar-refractivity contribution is -0.383. The average Bonchev–Trinajstić information content (AvgIpc) is 3.43. The minimum atomic E-state index is -4.60. The van der Waals surface area contributed by atoms with Crippen molar-refractivity contribution in [1.82, 2.24) is 29.8 Å². The van der Waals surface area contributed by atoms with Crippen molar-refractivity contribution < 1.29 is 27.4 Å². The molecule has 0 aliphatic heterocycles. The maximum atomic E-state index is 13.2. The van der Waals surface area contributed by atoms with Gasteiger partial charge >= 0.3 is 6.18 Å². The van der Waals surface area contributed by atoms with E-state index >= 15 is 0 Å². The molecule has 0 unspecified atom stereocenters. The smallest absolute Gasteiger partial charge is 0.343 e. The van der Waals surface area contributed by atoms with Crippen molar-refractivity contribution in [2.24, 2.45) is 7.05 Å². The van der Waals surface area contributed by atoms with Gasteiger partial charge in [-0.05, 0) is 12.1 Å². The summed E-state index contributed by atoms with van der Waals surface area (Å²) in [6.07, 6.45) is -1.75. The van der Waals surface area contributed by atoms with Crippen LogP contribution in [0.15, 0.2) is 41.2 Å². The van der Waals surface area contributed by atoms with Crippen molar-refractivity contribution in [2.45, 2.75) is 19.3 Å². The Morgan fingerprint density at radius 2 is 2.12 bits per heavy atom. The first-order valence-electron chi connectivity index (χ1n) is 9.05.